The average molecular weight is 230 g/mol. The number of halogens is 1. The molecule has 2 aromatic rings. The number of nitro benzene ring substituents is 1. The van der Waals surface area contributed by atoms with E-state index in [1.165, 1.54) is 6.07 Å². The number of furan rings is 1. The van der Waals surface area contributed by atoms with Crippen molar-refractivity contribution >= 4 is 40.9 Å². The van der Waals surface area contributed by atoms with E-state index in [9.17, 15) is 10.1 Å². The van der Waals surface area contributed by atoms with Gasteiger partial charge in [-0.1, -0.05) is 11.6 Å². The summed E-state index contributed by atoms with van der Waals surface area (Å²) in [4.78, 5) is 10.1. The molecule has 0 fully saturated rings. The Bertz CT molecular complexity index is 523. The minimum atomic E-state index is -0.537. The molecular weight excluding hydrogens is 226 g/mol. The first kappa shape index (κ1) is 9.36. The summed E-state index contributed by atoms with van der Waals surface area (Å²) in [5.74, 6) is 0. The Balaban J connectivity index is 2.85. The highest BCUT2D eigenvalue weighted by Crippen LogP contribution is 2.32. The number of thiol groups is 1. The summed E-state index contributed by atoms with van der Waals surface area (Å²) in [6, 6.07) is 4.42. The van der Waals surface area contributed by atoms with Crippen molar-refractivity contribution in [3.8, 4) is 0 Å². The highest BCUT2D eigenvalue weighted by atomic mass is 35.5. The Kier molecular flexibility index (Phi) is 2.13. The van der Waals surface area contributed by atoms with Crippen LogP contribution in [0.1, 0.15) is 0 Å². The van der Waals surface area contributed by atoms with E-state index >= 15 is 0 Å². The zero-order valence-electron chi connectivity index (χ0n) is 6.73. The van der Waals surface area contributed by atoms with Crippen molar-refractivity contribution in [2.45, 2.75) is 5.09 Å². The van der Waals surface area contributed by atoms with Gasteiger partial charge < -0.3 is 4.42 Å². The summed E-state index contributed by atoms with van der Waals surface area (Å²) in [7, 11) is 0. The van der Waals surface area contributed by atoms with Crippen molar-refractivity contribution in [1.29, 1.82) is 0 Å². The molecule has 0 saturated carbocycles. The summed E-state index contributed by atoms with van der Waals surface area (Å²) in [6.45, 7) is 0. The first-order valence-electron chi connectivity index (χ1n) is 3.64. The highest BCUT2D eigenvalue weighted by molar-refractivity contribution is 7.80. The second-order valence-electron chi connectivity index (χ2n) is 2.69. The van der Waals surface area contributed by atoms with Gasteiger partial charge in [-0.25, -0.2) is 0 Å². The lowest BCUT2D eigenvalue weighted by molar-refractivity contribution is -0.383. The van der Waals surface area contributed by atoms with Crippen molar-refractivity contribution in [2.24, 2.45) is 0 Å². The zero-order valence-corrected chi connectivity index (χ0v) is 8.38. The number of non-ortho nitro benzene ring substituents is 1. The molecule has 0 aliphatic rings. The predicted molar refractivity (Wildman–Crippen MR) is 55.1 cm³/mol. The smallest absolute Gasteiger partial charge is 0.313 e. The van der Waals surface area contributed by atoms with Crippen LogP contribution < -0.4 is 0 Å². The van der Waals surface area contributed by atoms with Gasteiger partial charge in [0.15, 0.2) is 5.09 Å². The zero-order chi connectivity index (χ0) is 10.3. The van der Waals surface area contributed by atoms with Gasteiger partial charge in [-0.05, 0) is 12.1 Å². The first-order valence-corrected chi connectivity index (χ1v) is 4.47. The Morgan fingerprint density at radius 1 is 1.43 bits per heavy atom. The molecule has 0 spiro atoms. The van der Waals surface area contributed by atoms with Crippen LogP contribution >= 0.6 is 24.2 Å². The van der Waals surface area contributed by atoms with Crippen LogP contribution in [0.4, 0.5) is 5.69 Å². The fourth-order valence-corrected chi connectivity index (χ4v) is 1.67. The third-order valence-corrected chi connectivity index (χ3v) is 2.18. The van der Waals surface area contributed by atoms with E-state index in [1.54, 1.807) is 12.1 Å². The average Bonchev–Trinajstić information content (AvgIpc) is 2.42. The van der Waals surface area contributed by atoms with Gasteiger partial charge in [-0.2, -0.15) is 0 Å². The third kappa shape index (κ3) is 1.44. The van der Waals surface area contributed by atoms with Gasteiger partial charge in [0.1, 0.15) is 0 Å². The molecule has 0 N–H and O–H groups in total. The molecule has 0 bridgehead atoms. The number of hydrogen-bond donors (Lipinski definition) is 1. The molecule has 0 aliphatic carbocycles. The minimum absolute atomic E-state index is 0.146. The molecule has 0 amide bonds. The van der Waals surface area contributed by atoms with E-state index in [1.807, 2.05) is 0 Å². The number of rotatable bonds is 1. The molecular formula is C8H4ClNO3S. The molecule has 0 atom stereocenters. The lowest BCUT2D eigenvalue weighted by Crippen LogP contribution is -1.87. The second-order valence-corrected chi connectivity index (χ2v) is 3.56. The fraction of sp³-hybridized carbons (Fsp3) is 0. The van der Waals surface area contributed by atoms with E-state index in [4.69, 9.17) is 16.0 Å². The monoisotopic (exact) mass is 229 g/mol. The largest absolute Gasteiger partial charge is 0.443 e. The Morgan fingerprint density at radius 3 is 2.79 bits per heavy atom. The van der Waals surface area contributed by atoms with E-state index in [0.29, 0.717) is 15.5 Å². The molecule has 14 heavy (non-hydrogen) atoms. The number of fused-ring (bicyclic) bond motifs is 1. The normalized spacial score (nSPS) is 10.7. The summed E-state index contributed by atoms with van der Waals surface area (Å²) in [5, 5.41) is 11.8. The molecule has 0 saturated heterocycles. The van der Waals surface area contributed by atoms with Crippen LogP contribution in [0.25, 0.3) is 11.0 Å². The van der Waals surface area contributed by atoms with Crippen LogP contribution in [0.5, 0.6) is 0 Å². The van der Waals surface area contributed by atoms with Gasteiger partial charge >= 0.3 is 5.69 Å². The molecule has 6 heteroatoms. The van der Waals surface area contributed by atoms with E-state index < -0.39 is 4.92 Å². The third-order valence-electron chi connectivity index (χ3n) is 1.75. The number of benzene rings is 1. The molecule has 1 aromatic carbocycles. The van der Waals surface area contributed by atoms with Crippen molar-refractivity contribution in [2.75, 3.05) is 0 Å². The number of nitrogens with zero attached hydrogens (tertiary/aromatic N) is 1. The topological polar surface area (TPSA) is 56.3 Å². The molecule has 1 heterocycles. The number of hydrogen-bond acceptors (Lipinski definition) is 4. The Morgan fingerprint density at radius 2 is 2.14 bits per heavy atom. The summed E-state index contributed by atoms with van der Waals surface area (Å²) in [5.41, 5.74) is 0.0530. The Labute approximate surface area is 89.0 Å². The molecule has 1 aromatic heterocycles. The lowest BCUT2D eigenvalue weighted by Gasteiger charge is -1.93. The van der Waals surface area contributed by atoms with Crippen LogP contribution in [0, 0.1) is 10.1 Å². The SMILES string of the molecule is O=[N+]([O-])c1cc(Cl)cc2cc(S)oc12. The van der Waals surface area contributed by atoms with Gasteiger partial charge in [-0.15, -0.1) is 12.6 Å². The van der Waals surface area contributed by atoms with Gasteiger partial charge in [0.05, 0.1) is 4.92 Å². The molecule has 0 aliphatic heterocycles. The summed E-state index contributed by atoms with van der Waals surface area (Å²) < 4.78 is 5.08. The Hall–Kier alpha value is -1.20. The molecule has 0 radical (unpaired) electrons. The van der Waals surface area contributed by atoms with Crippen LogP contribution in [-0.2, 0) is 0 Å². The first-order chi connectivity index (χ1) is 6.58. The number of nitro groups is 1. The van der Waals surface area contributed by atoms with Crippen LogP contribution in [0.2, 0.25) is 5.02 Å². The van der Waals surface area contributed by atoms with Crippen molar-refractivity contribution in [1.82, 2.24) is 0 Å². The van der Waals surface area contributed by atoms with Gasteiger partial charge in [0.2, 0.25) is 5.58 Å². The molecule has 72 valence electrons. The van der Waals surface area contributed by atoms with Crippen molar-refractivity contribution < 1.29 is 9.34 Å². The van der Waals surface area contributed by atoms with Crippen LogP contribution in [0.15, 0.2) is 27.7 Å². The maximum atomic E-state index is 10.6. The predicted octanol–water partition coefficient (Wildman–Crippen LogP) is 3.28. The van der Waals surface area contributed by atoms with Gasteiger partial charge in [0.25, 0.3) is 0 Å². The summed E-state index contributed by atoms with van der Waals surface area (Å²) >= 11 is 9.67. The molecule has 4 nitrogen and oxygen atoms in total. The van der Waals surface area contributed by atoms with Crippen LogP contribution in [-0.4, -0.2) is 4.92 Å². The summed E-state index contributed by atoms with van der Waals surface area (Å²) in [6.07, 6.45) is 0. The van der Waals surface area contributed by atoms with Crippen molar-refractivity contribution in [3.05, 3.63) is 33.3 Å². The van der Waals surface area contributed by atoms with Gasteiger partial charge in [-0.3, -0.25) is 10.1 Å². The van der Waals surface area contributed by atoms with Crippen molar-refractivity contribution in [3.63, 3.8) is 0 Å². The second kappa shape index (κ2) is 3.18. The minimum Gasteiger partial charge on any atom is -0.443 e. The highest BCUT2D eigenvalue weighted by Gasteiger charge is 2.17. The van der Waals surface area contributed by atoms with Gasteiger partial charge in [0, 0.05) is 16.5 Å². The van der Waals surface area contributed by atoms with E-state index in [-0.39, 0.29) is 11.3 Å². The maximum Gasteiger partial charge on any atom is 0.313 e. The lowest BCUT2D eigenvalue weighted by atomic mass is 10.2. The standard InChI is InChI=1S/C8H4ClNO3S/c9-5-1-4-2-7(14)13-8(4)6(3-5)10(11)12/h1-3,14H. The quantitative estimate of drug-likeness (QED) is 0.464. The maximum absolute atomic E-state index is 10.6. The molecule has 2 rings (SSSR count). The fourth-order valence-electron chi connectivity index (χ4n) is 1.22. The van der Waals surface area contributed by atoms with E-state index in [0.717, 1.165) is 0 Å². The molecule has 0 unspecified atom stereocenters. The van der Waals surface area contributed by atoms with Crippen LogP contribution in [0.3, 0.4) is 0 Å². The van der Waals surface area contributed by atoms with E-state index in [2.05, 4.69) is 12.6 Å².